The maximum absolute atomic E-state index is 6.34. The van der Waals surface area contributed by atoms with E-state index in [0.29, 0.717) is 11.3 Å². The molecular weight excluding hydrogens is 210 g/mol. The zero-order valence-electron chi connectivity index (χ0n) is 9.19. The summed E-state index contributed by atoms with van der Waals surface area (Å²) >= 11 is 6.34. The molecule has 0 saturated heterocycles. The van der Waals surface area contributed by atoms with Gasteiger partial charge in [0, 0.05) is 18.3 Å². The van der Waals surface area contributed by atoms with Gasteiger partial charge in [-0.15, -0.1) is 11.6 Å². The lowest BCUT2D eigenvalue weighted by molar-refractivity contribution is 0.353. The fourth-order valence-electron chi connectivity index (χ4n) is 2.34. The molecule has 1 heterocycles. The van der Waals surface area contributed by atoms with E-state index in [1.807, 2.05) is 4.68 Å². The van der Waals surface area contributed by atoms with Crippen molar-refractivity contribution in [1.82, 2.24) is 14.8 Å². The first-order valence-corrected chi connectivity index (χ1v) is 6.25. The van der Waals surface area contributed by atoms with Crippen LogP contribution < -0.4 is 0 Å². The quantitative estimate of drug-likeness (QED) is 0.744. The average molecular weight is 228 g/mol. The van der Waals surface area contributed by atoms with Gasteiger partial charge in [0.05, 0.1) is 0 Å². The number of rotatable bonds is 3. The predicted molar refractivity (Wildman–Crippen MR) is 61.0 cm³/mol. The Morgan fingerprint density at radius 1 is 1.47 bits per heavy atom. The maximum atomic E-state index is 6.34. The third kappa shape index (κ3) is 2.51. The molecule has 15 heavy (non-hydrogen) atoms. The fourth-order valence-corrected chi connectivity index (χ4v) is 2.71. The van der Waals surface area contributed by atoms with Crippen LogP contribution in [-0.4, -0.2) is 20.1 Å². The number of nitrogens with zero attached hydrogens (tertiary/aromatic N) is 3. The molecule has 1 aromatic heterocycles. The molecule has 2 unspecified atom stereocenters. The van der Waals surface area contributed by atoms with E-state index in [0.717, 1.165) is 25.2 Å². The predicted octanol–water partition coefficient (Wildman–Crippen LogP) is 2.64. The zero-order valence-corrected chi connectivity index (χ0v) is 9.95. The Hall–Kier alpha value is -0.570. The summed E-state index contributed by atoms with van der Waals surface area (Å²) in [5, 5.41) is 4.52. The zero-order chi connectivity index (χ0) is 10.7. The molecule has 1 aromatic rings. The summed E-state index contributed by atoms with van der Waals surface area (Å²) in [6.07, 6.45) is 7.63. The number of aryl methyl sites for hydroxylation is 1. The third-order valence-electron chi connectivity index (χ3n) is 3.26. The van der Waals surface area contributed by atoms with Gasteiger partial charge in [0.25, 0.3) is 0 Å². The summed E-state index contributed by atoms with van der Waals surface area (Å²) in [5.74, 6) is 1.69. The number of hydrogen-bond donors (Lipinski definition) is 0. The molecule has 0 amide bonds. The van der Waals surface area contributed by atoms with Crippen molar-refractivity contribution in [3.8, 4) is 0 Å². The summed E-state index contributed by atoms with van der Waals surface area (Å²) < 4.78 is 1.97. The number of alkyl halides is 1. The van der Waals surface area contributed by atoms with Gasteiger partial charge in [0.2, 0.25) is 0 Å². The summed E-state index contributed by atoms with van der Waals surface area (Å²) in [6, 6.07) is 0. The van der Waals surface area contributed by atoms with E-state index in [1.165, 1.54) is 19.3 Å². The SMILES string of the molecule is CCn1ncnc1CC1CCCCC1Cl. The van der Waals surface area contributed by atoms with Gasteiger partial charge in [0.15, 0.2) is 0 Å². The van der Waals surface area contributed by atoms with Crippen molar-refractivity contribution in [2.24, 2.45) is 5.92 Å². The fraction of sp³-hybridized carbons (Fsp3) is 0.818. The van der Waals surface area contributed by atoms with Gasteiger partial charge in [0.1, 0.15) is 12.2 Å². The van der Waals surface area contributed by atoms with Gasteiger partial charge in [-0.3, -0.25) is 4.68 Å². The summed E-state index contributed by atoms with van der Waals surface area (Å²) in [4.78, 5) is 4.31. The van der Waals surface area contributed by atoms with E-state index in [9.17, 15) is 0 Å². The van der Waals surface area contributed by atoms with Crippen LogP contribution in [0.25, 0.3) is 0 Å². The molecule has 0 aromatic carbocycles. The summed E-state index contributed by atoms with van der Waals surface area (Å²) in [7, 11) is 0. The van der Waals surface area contributed by atoms with Crippen molar-refractivity contribution >= 4 is 11.6 Å². The van der Waals surface area contributed by atoms with Crippen molar-refractivity contribution in [1.29, 1.82) is 0 Å². The first kappa shape index (κ1) is 10.9. The largest absolute Gasteiger partial charge is 0.250 e. The van der Waals surface area contributed by atoms with E-state index < -0.39 is 0 Å². The molecule has 2 rings (SSSR count). The molecule has 2 atom stereocenters. The number of halogens is 1. The minimum atomic E-state index is 0.334. The minimum absolute atomic E-state index is 0.334. The third-order valence-corrected chi connectivity index (χ3v) is 3.83. The van der Waals surface area contributed by atoms with Crippen LogP contribution >= 0.6 is 11.6 Å². The van der Waals surface area contributed by atoms with Crippen LogP contribution in [-0.2, 0) is 13.0 Å². The van der Waals surface area contributed by atoms with Crippen LogP contribution in [0.1, 0.15) is 38.4 Å². The molecule has 84 valence electrons. The van der Waals surface area contributed by atoms with E-state index in [4.69, 9.17) is 11.6 Å². The molecule has 0 radical (unpaired) electrons. The Bertz CT molecular complexity index is 311. The van der Waals surface area contributed by atoms with Crippen LogP contribution in [0.2, 0.25) is 0 Å². The van der Waals surface area contributed by atoms with Gasteiger partial charge < -0.3 is 0 Å². The van der Waals surface area contributed by atoms with Crippen molar-refractivity contribution in [3.63, 3.8) is 0 Å². The average Bonchev–Trinajstić information content (AvgIpc) is 2.69. The van der Waals surface area contributed by atoms with Crippen molar-refractivity contribution < 1.29 is 0 Å². The maximum Gasteiger partial charge on any atom is 0.138 e. The molecule has 0 aliphatic heterocycles. The van der Waals surface area contributed by atoms with Crippen molar-refractivity contribution in [2.45, 2.75) is 50.9 Å². The smallest absolute Gasteiger partial charge is 0.138 e. The molecule has 0 bridgehead atoms. The van der Waals surface area contributed by atoms with Crippen LogP contribution in [0.5, 0.6) is 0 Å². The first-order valence-electron chi connectivity index (χ1n) is 5.82. The second-order valence-electron chi connectivity index (χ2n) is 4.26. The van der Waals surface area contributed by atoms with E-state index in [2.05, 4.69) is 17.0 Å². The Kier molecular flexibility index (Phi) is 3.62. The van der Waals surface area contributed by atoms with Crippen molar-refractivity contribution in [3.05, 3.63) is 12.2 Å². The molecule has 1 aliphatic rings. The Morgan fingerprint density at radius 2 is 2.27 bits per heavy atom. The van der Waals surface area contributed by atoms with E-state index in [1.54, 1.807) is 6.33 Å². The minimum Gasteiger partial charge on any atom is -0.250 e. The molecule has 1 fully saturated rings. The molecule has 3 nitrogen and oxygen atoms in total. The monoisotopic (exact) mass is 227 g/mol. The first-order chi connectivity index (χ1) is 7.31. The van der Waals surface area contributed by atoms with Crippen molar-refractivity contribution in [2.75, 3.05) is 0 Å². The second kappa shape index (κ2) is 4.97. The van der Waals surface area contributed by atoms with Crippen LogP contribution in [0.3, 0.4) is 0 Å². The molecule has 4 heteroatoms. The lowest BCUT2D eigenvalue weighted by Crippen LogP contribution is -2.23. The molecule has 1 saturated carbocycles. The van der Waals surface area contributed by atoms with Crippen LogP contribution in [0.4, 0.5) is 0 Å². The highest BCUT2D eigenvalue weighted by Gasteiger charge is 2.24. The Balaban J connectivity index is 2.01. The Labute approximate surface area is 95.8 Å². The topological polar surface area (TPSA) is 30.7 Å². The van der Waals surface area contributed by atoms with E-state index in [-0.39, 0.29) is 0 Å². The lowest BCUT2D eigenvalue weighted by Gasteiger charge is -2.26. The highest BCUT2D eigenvalue weighted by molar-refractivity contribution is 6.20. The Morgan fingerprint density at radius 3 is 3.00 bits per heavy atom. The lowest BCUT2D eigenvalue weighted by atomic mass is 9.86. The highest BCUT2D eigenvalue weighted by atomic mass is 35.5. The van der Waals surface area contributed by atoms with Gasteiger partial charge in [-0.2, -0.15) is 5.10 Å². The summed E-state index contributed by atoms with van der Waals surface area (Å²) in [6.45, 7) is 2.99. The van der Waals surface area contributed by atoms with Gasteiger partial charge in [-0.25, -0.2) is 4.98 Å². The standard InChI is InChI=1S/C11H18ClN3/c1-2-15-11(13-8-14-15)7-9-5-3-4-6-10(9)12/h8-10H,2-7H2,1H3. The number of hydrogen-bond acceptors (Lipinski definition) is 2. The van der Waals surface area contributed by atoms with Crippen LogP contribution in [0.15, 0.2) is 6.33 Å². The van der Waals surface area contributed by atoms with Gasteiger partial charge in [-0.1, -0.05) is 12.8 Å². The highest BCUT2D eigenvalue weighted by Crippen LogP contribution is 2.30. The second-order valence-corrected chi connectivity index (χ2v) is 4.82. The summed E-state index contributed by atoms with van der Waals surface area (Å²) in [5.41, 5.74) is 0. The molecule has 1 aliphatic carbocycles. The van der Waals surface area contributed by atoms with Gasteiger partial charge >= 0.3 is 0 Å². The van der Waals surface area contributed by atoms with Crippen LogP contribution in [0, 0.1) is 5.92 Å². The molecule has 0 N–H and O–H groups in total. The van der Waals surface area contributed by atoms with E-state index >= 15 is 0 Å². The molecular formula is C11H18ClN3. The normalized spacial score (nSPS) is 26.8. The van der Waals surface area contributed by atoms with Gasteiger partial charge in [-0.05, 0) is 25.7 Å². The molecule has 0 spiro atoms. The number of aromatic nitrogens is 3.